The van der Waals surface area contributed by atoms with Gasteiger partial charge in [0.25, 0.3) is 11.8 Å². The Morgan fingerprint density at radius 1 is 0.917 bits per heavy atom. The van der Waals surface area contributed by atoms with Crippen molar-refractivity contribution in [2.24, 2.45) is 5.10 Å². The number of carbonyl (C=O) groups is 3. The highest BCUT2D eigenvalue weighted by Gasteiger charge is 2.14. The van der Waals surface area contributed by atoms with Crippen LogP contribution in [0.3, 0.4) is 0 Å². The summed E-state index contributed by atoms with van der Waals surface area (Å²) in [7, 11) is 0. The molecule has 4 aromatic carbocycles. The summed E-state index contributed by atoms with van der Waals surface area (Å²) in [6.07, 6.45) is 1.42. The van der Waals surface area contributed by atoms with Gasteiger partial charge in [-0.1, -0.05) is 59.6 Å². The molecule has 0 aromatic heterocycles. The Balaban J connectivity index is 1.47. The summed E-state index contributed by atoms with van der Waals surface area (Å²) in [5.41, 5.74) is 4.66. The van der Waals surface area contributed by atoms with Crippen LogP contribution in [0.15, 0.2) is 90.0 Å². The van der Waals surface area contributed by atoms with Crippen LogP contribution in [0.5, 0.6) is 5.75 Å². The van der Waals surface area contributed by atoms with Gasteiger partial charge in [-0.2, -0.15) is 5.10 Å². The van der Waals surface area contributed by atoms with Crippen LogP contribution in [0.4, 0.5) is 0 Å². The zero-order chi connectivity index (χ0) is 25.5. The molecule has 0 radical (unpaired) electrons. The summed E-state index contributed by atoms with van der Waals surface area (Å²) in [5.74, 6) is -1.14. The second-order valence-electron chi connectivity index (χ2n) is 7.94. The molecule has 0 fully saturated rings. The van der Waals surface area contributed by atoms with E-state index in [1.165, 1.54) is 6.21 Å². The van der Waals surface area contributed by atoms with Crippen LogP contribution in [-0.2, 0) is 4.79 Å². The molecule has 2 N–H and O–H groups in total. The second kappa shape index (κ2) is 11.3. The summed E-state index contributed by atoms with van der Waals surface area (Å²) < 4.78 is 5.68. The van der Waals surface area contributed by atoms with Gasteiger partial charge >= 0.3 is 5.97 Å². The van der Waals surface area contributed by atoms with Gasteiger partial charge < -0.3 is 10.1 Å². The number of halogens is 1. The maximum atomic E-state index is 12.7. The molecule has 4 rings (SSSR count). The number of nitrogens with one attached hydrogen (secondary N) is 2. The Kier molecular flexibility index (Phi) is 7.72. The van der Waals surface area contributed by atoms with E-state index in [-0.39, 0.29) is 6.54 Å². The first-order chi connectivity index (χ1) is 17.4. The van der Waals surface area contributed by atoms with Crippen molar-refractivity contribution in [3.05, 3.63) is 112 Å². The first-order valence-electron chi connectivity index (χ1n) is 11.1. The Morgan fingerprint density at radius 3 is 2.47 bits per heavy atom. The fraction of sp³-hybridized carbons (Fsp3) is 0.0714. The van der Waals surface area contributed by atoms with E-state index in [2.05, 4.69) is 15.8 Å². The number of hydrogen-bond acceptors (Lipinski definition) is 5. The standard InChI is InChI=1S/C28H22ClN3O4/c1-18-5-4-7-21(15-18)28(35)36-25-14-11-19-6-2-3-8-23(19)24(25)16-31-32-26(33)17-30-27(34)20-9-12-22(29)13-10-20/h2-16H,17H2,1H3,(H,30,34)(H,32,33)/b31-16+. The molecule has 0 heterocycles. The maximum absolute atomic E-state index is 12.7. The summed E-state index contributed by atoms with van der Waals surface area (Å²) in [6, 6.07) is 24.5. The summed E-state index contributed by atoms with van der Waals surface area (Å²) in [5, 5.41) is 8.76. The summed E-state index contributed by atoms with van der Waals surface area (Å²) in [4.78, 5) is 37.1. The van der Waals surface area contributed by atoms with Crippen LogP contribution in [0.2, 0.25) is 5.02 Å². The number of esters is 1. The van der Waals surface area contributed by atoms with E-state index in [1.54, 1.807) is 48.5 Å². The van der Waals surface area contributed by atoms with Gasteiger partial charge in [-0.3, -0.25) is 9.59 Å². The van der Waals surface area contributed by atoms with Crippen molar-refractivity contribution in [1.29, 1.82) is 0 Å². The molecule has 4 aromatic rings. The van der Waals surface area contributed by atoms with Crippen molar-refractivity contribution >= 4 is 46.4 Å². The first-order valence-corrected chi connectivity index (χ1v) is 11.4. The average molecular weight is 500 g/mol. The van der Waals surface area contributed by atoms with Gasteiger partial charge in [0.2, 0.25) is 0 Å². The number of hydrogen-bond donors (Lipinski definition) is 2. The van der Waals surface area contributed by atoms with E-state index < -0.39 is 17.8 Å². The summed E-state index contributed by atoms with van der Waals surface area (Å²) >= 11 is 5.82. The highest BCUT2D eigenvalue weighted by molar-refractivity contribution is 6.30. The molecule has 180 valence electrons. The van der Waals surface area contributed by atoms with E-state index >= 15 is 0 Å². The lowest BCUT2D eigenvalue weighted by Crippen LogP contribution is -2.34. The van der Waals surface area contributed by atoms with Gasteiger partial charge in [0, 0.05) is 16.1 Å². The minimum atomic E-state index is -0.521. The van der Waals surface area contributed by atoms with Gasteiger partial charge in [0.1, 0.15) is 5.75 Å². The van der Waals surface area contributed by atoms with Crippen molar-refractivity contribution in [3.8, 4) is 5.75 Å². The third kappa shape index (κ3) is 6.14. The number of carbonyl (C=O) groups excluding carboxylic acids is 3. The molecule has 2 amide bonds. The molecule has 7 nitrogen and oxygen atoms in total. The van der Waals surface area contributed by atoms with Gasteiger partial charge in [-0.25, -0.2) is 10.2 Å². The van der Waals surface area contributed by atoms with E-state index in [0.717, 1.165) is 16.3 Å². The van der Waals surface area contributed by atoms with Crippen molar-refractivity contribution < 1.29 is 19.1 Å². The molecule has 0 unspecified atom stereocenters. The Morgan fingerprint density at radius 2 is 1.69 bits per heavy atom. The monoisotopic (exact) mass is 499 g/mol. The summed E-state index contributed by atoms with van der Waals surface area (Å²) in [6.45, 7) is 1.62. The van der Waals surface area contributed by atoms with E-state index in [1.807, 2.05) is 43.3 Å². The number of hydrazone groups is 1. The smallest absolute Gasteiger partial charge is 0.343 e. The van der Waals surface area contributed by atoms with Crippen LogP contribution >= 0.6 is 11.6 Å². The maximum Gasteiger partial charge on any atom is 0.343 e. The minimum Gasteiger partial charge on any atom is -0.422 e. The Bertz CT molecular complexity index is 1470. The van der Waals surface area contributed by atoms with Crippen molar-refractivity contribution in [1.82, 2.24) is 10.7 Å². The molecule has 36 heavy (non-hydrogen) atoms. The zero-order valence-corrected chi connectivity index (χ0v) is 20.1. The van der Waals surface area contributed by atoms with E-state index in [9.17, 15) is 14.4 Å². The normalized spacial score (nSPS) is 10.8. The number of benzene rings is 4. The Hall–Kier alpha value is -4.49. The zero-order valence-electron chi connectivity index (χ0n) is 19.3. The highest BCUT2D eigenvalue weighted by Crippen LogP contribution is 2.27. The van der Waals surface area contributed by atoms with Gasteiger partial charge in [0.15, 0.2) is 0 Å². The van der Waals surface area contributed by atoms with Crippen LogP contribution in [0, 0.1) is 6.92 Å². The van der Waals surface area contributed by atoms with E-state index in [4.69, 9.17) is 16.3 Å². The van der Waals surface area contributed by atoms with Crippen LogP contribution < -0.4 is 15.5 Å². The fourth-order valence-corrected chi connectivity index (χ4v) is 3.63. The predicted octanol–water partition coefficient (Wildman–Crippen LogP) is 4.90. The molecule has 0 aliphatic carbocycles. The molecule has 0 spiro atoms. The van der Waals surface area contributed by atoms with Crippen LogP contribution in [0.25, 0.3) is 10.8 Å². The van der Waals surface area contributed by atoms with Gasteiger partial charge in [-0.15, -0.1) is 0 Å². The van der Waals surface area contributed by atoms with Crippen molar-refractivity contribution in [3.63, 3.8) is 0 Å². The van der Waals surface area contributed by atoms with Crippen molar-refractivity contribution in [2.75, 3.05) is 6.54 Å². The Labute approximate surface area is 212 Å². The first kappa shape index (κ1) is 24.6. The molecule has 0 bridgehead atoms. The quantitative estimate of drug-likeness (QED) is 0.163. The molecule has 0 atom stereocenters. The lowest BCUT2D eigenvalue weighted by atomic mass is 10.0. The molecule has 0 aliphatic heterocycles. The highest BCUT2D eigenvalue weighted by atomic mass is 35.5. The van der Waals surface area contributed by atoms with Crippen molar-refractivity contribution in [2.45, 2.75) is 6.92 Å². The molecule has 0 aliphatic rings. The molecule has 0 saturated carbocycles. The molecule has 0 saturated heterocycles. The SMILES string of the molecule is Cc1cccc(C(=O)Oc2ccc3ccccc3c2/C=N/NC(=O)CNC(=O)c2ccc(Cl)cc2)c1. The predicted molar refractivity (Wildman–Crippen MR) is 140 cm³/mol. The van der Waals surface area contributed by atoms with Crippen LogP contribution in [0.1, 0.15) is 31.8 Å². The number of nitrogens with zero attached hydrogens (tertiary/aromatic N) is 1. The molecule has 8 heteroatoms. The molecular weight excluding hydrogens is 478 g/mol. The molecular formula is C28H22ClN3O4. The number of amides is 2. The lowest BCUT2D eigenvalue weighted by Gasteiger charge is -2.11. The van der Waals surface area contributed by atoms with Gasteiger partial charge in [-0.05, 0) is 60.2 Å². The average Bonchev–Trinajstić information content (AvgIpc) is 2.88. The van der Waals surface area contributed by atoms with E-state index in [0.29, 0.717) is 27.5 Å². The number of fused-ring (bicyclic) bond motifs is 1. The van der Waals surface area contributed by atoms with Gasteiger partial charge in [0.05, 0.1) is 18.3 Å². The number of ether oxygens (including phenoxy) is 1. The number of rotatable bonds is 7. The van der Waals surface area contributed by atoms with Crippen LogP contribution in [-0.4, -0.2) is 30.5 Å². The minimum absolute atomic E-state index is 0.274. The lowest BCUT2D eigenvalue weighted by molar-refractivity contribution is -0.120. The number of aryl methyl sites for hydroxylation is 1. The third-order valence-electron chi connectivity index (χ3n) is 5.29. The topological polar surface area (TPSA) is 96.9 Å². The second-order valence-corrected chi connectivity index (χ2v) is 8.38. The fourth-order valence-electron chi connectivity index (χ4n) is 3.50. The largest absolute Gasteiger partial charge is 0.422 e. The third-order valence-corrected chi connectivity index (χ3v) is 5.54.